The summed E-state index contributed by atoms with van der Waals surface area (Å²) in [7, 11) is 0. The lowest BCUT2D eigenvalue weighted by Crippen LogP contribution is -2.35. The Morgan fingerprint density at radius 3 is 2.95 bits per heavy atom. The Labute approximate surface area is 135 Å². The van der Waals surface area contributed by atoms with Gasteiger partial charge in [0.1, 0.15) is 10.8 Å². The normalized spacial score (nSPS) is 18.0. The van der Waals surface area contributed by atoms with Crippen molar-refractivity contribution in [2.24, 2.45) is 0 Å². The fraction of sp³-hybridized carbons (Fsp3) is 0.533. The van der Waals surface area contributed by atoms with E-state index in [0.29, 0.717) is 18.2 Å². The second-order valence-electron chi connectivity index (χ2n) is 6.19. The van der Waals surface area contributed by atoms with Crippen molar-refractivity contribution in [3.05, 3.63) is 35.4 Å². The largest absolute Gasteiger partial charge is 0.444 e. The lowest BCUT2D eigenvalue weighted by molar-refractivity contribution is 0.0292. The van der Waals surface area contributed by atoms with Crippen LogP contribution in [0, 0.1) is 0 Å². The molecule has 6 nitrogen and oxygen atoms in total. The summed E-state index contributed by atoms with van der Waals surface area (Å²) in [4.78, 5) is 18.2. The van der Waals surface area contributed by atoms with Crippen LogP contribution in [0.1, 0.15) is 38.8 Å². The number of ether oxygens (including phenoxy) is 1. The molecular weight excluding hydrogens is 304 g/mol. The molecule has 2 heterocycles. The van der Waals surface area contributed by atoms with E-state index in [9.17, 15) is 4.79 Å². The fourth-order valence-electron chi connectivity index (χ4n) is 2.23. The first kappa shape index (κ1) is 16.5. The number of H-pyrrole nitrogens is 1. The Hall–Kier alpha value is -1.82. The molecule has 1 amide bonds. The topological polar surface area (TPSA) is 71.1 Å². The van der Waals surface area contributed by atoms with Crippen LogP contribution < -0.4 is 0 Å². The first-order valence-corrected chi connectivity index (χ1v) is 7.60. The molecule has 1 saturated heterocycles. The zero-order valence-corrected chi connectivity index (χ0v) is 13.8. The number of hydrogen-bond acceptors (Lipinski definition) is 4. The Morgan fingerprint density at radius 2 is 2.23 bits per heavy atom. The molecule has 1 N–H and O–H groups in total. The van der Waals surface area contributed by atoms with Gasteiger partial charge in [-0.2, -0.15) is 5.10 Å². The second-order valence-corrected chi connectivity index (χ2v) is 6.60. The van der Waals surface area contributed by atoms with Crippen LogP contribution in [0.25, 0.3) is 0 Å². The van der Waals surface area contributed by atoms with Crippen molar-refractivity contribution in [1.82, 2.24) is 20.1 Å². The van der Waals surface area contributed by atoms with Crippen LogP contribution in [0.15, 0.2) is 24.5 Å². The van der Waals surface area contributed by atoms with Crippen molar-refractivity contribution in [2.45, 2.75) is 38.7 Å². The number of carbonyl (C=O) groups excluding carboxylic acids is 1. The molecule has 7 heteroatoms. The molecular formula is C15H21ClN4O2. The molecule has 22 heavy (non-hydrogen) atoms. The molecule has 1 aromatic heterocycles. The monoisotopic (exact) mass is 324 g/mol. The number of halogens is 1. The van der Waals surface area contributed by atoms with Crippen LogP contribution >= 0.6 is 11.6 Å². The van der Waals surface area contributed by atoms with E-state index in [0.717, 1.165) is 12.1 Å². The Balaban J connectivity index is 2.12. The standard InChI is InChI=1S/C15H21ClN4O2/c1-15(2,3)22-14(21)20-8-5-11(10-20)12-9-13(16)19-18-7-4-6-17-12/h4,6-7,9,11,19H,5,8,10H2,1-3H3. The quantitative estimate of drug-likeness (QED) is 0.860. The third kappa shape index (κ3) is 4.87. The van der Waals surface area contributed by atoms with Crippen LogP contribution in [-0.4, -0.2) is 44.9 Å². The number of amides is 1. The van der Waals surface area contributed by atoms with Gasteiger partial charge in [0, 0.05) is 37.1 Å². The molecule has 1 unspecified atom stereocenters. The SMILES string of the molecule is CC(C)(C)OC(=O)N1CCC(c2cc(Cl)[nH]ncccn2)C1. The summed E-state index contributed by atoms with van der Waals surface area (Å²) in [6.07, 6.45) is 3.78. The maximum absolute atomic E-state index is 12.1. The summed E-state index contributed by atoms with van der Waals surface area (Å²) >= 11 is 6.05. The molecule has 1 atom stereocenters. The van der Waals surface area contributed by atoms with E-state index in [1.165, 1.54) is 0 Å². The minimum absolute atomic E-state index is 0.130. The highest BCUT2D eigenvalue weighted by atomic mass is 35.5. The molecule has 120 valence electrons. The molecule has 0 saturated carbocycles. The maximum Gasteiger partial charge on any atom is 0.410 e. The van der Waals surface area contributed by atoms with E-state index in [1.807, 2.05) is 20.8 Å². The van der Waals surface area contributed by atoms with Gasteiger partial charge in [0.25, 0.3) is 0 Å². The van der Waals surface area contributed by atoms with Crippen molar-refractivity contribution in [2.75, 3.05) is 13.1 Å². The van der Waals surface area contributed by atoms with E-state index in [2.05, 4.69) is 15.2 Å². The third-order valence-corrected chi connectivity index (χ3v) is 3.37. The lowest BCUT2D eigenvalue weighted by Gasteiger charge is -2.24. The number of aromatic nitrogens is 3. The molecule has 1 aliphatic heterocycles. The molecule has 1 fully saturated rings. The molecule has 0 aromatic carbocycles. The average molecular weight is 325 g/mol. The minimum Gasteiger partial charge on any atom is -0.444 e. The molecule has 1 aromatic rings. The second kappa shape index (κ2) is 6.96. The average Bonchev–Trinajstić information content (AvgIpc) is 2.90. The van der Waals surface area contributed by atoms with Crippen LogP contribution in [0.3, 0.4) is 0 Å². The number of nitrogens with zero attached hydrogens (tertiary/aromatic N) is 3. The van der Waals surface area contributed by atoms with Crippen LogP contribution in [0.2, 0.25) is 5.15 Å². The summed E-state index contributed by atoms with van der Waals surface area (Å²) < 4.78 is 5.40. The molecule has 2 rings (SSSR count). The van der Waals surface area contributed by atoms with Crippen molar-refractivity contribution in [3.63, 3.8) is 0 Å². The van der Waals surface area contributed by atoms with Crippen LogP contribution in [0.5, 0.6) is 0 Å². The highest BCUT2D eigenvalue weighted by Crippen LogP contribution is 2.27. The van der Waals surface area contributed by atoms with E-state index in [1.54, 1.807) is 29.4 Å². The first-order valence-electron chi connectivity index (χ1n) is 7.22. The van der Waals surface area contributed by atoms with Gasteiger partial charge in [-0.05, 0) is 39.3 Å². The van der Waals surface area contributed by atoms with E-state index < -0.39 is 5.60 Å². The number of rotatable bonds is 1. The molecule has 0 aliphatic carbocycles. The van der Waals surface area contributed by atoms with Gasteiger partial charge in [0.15, 0.2) is 0 Å². The minimum atomic E-state index is -0.488. The summed E-state index contributed by atoms with van der Waals surface area (Å²) in [6, 6.07) is 3.47. The van der Waals surface area contributed by atoms with Gasteiger partial charge in [-0.3, -0.25) is 10.1 Å². The Kier molecular flexibility index (Phi) is 5.24. The highest BCUT2D eigenvalue weighted by Gasteiger charge is 2.31. The molecule has 0 spiro atoms. The summed E-state index contributed by atoms with van der Waals surface area (Å²) in [5, 5.41) is 7.00. The first-order chi connectivity index (χ1) is 10.3. The van der Waals surface area contributed by atoms with Gasteiger partial charge in [-0.15, -0.1) is 0 Å². The van der Waals surface area contributed by atoms with Gasteiger partial charge >= 0.3 is 6.09 Å². The molecule has 0 radical (unpaired) electrons. The third-order valence-electron chi connectivity index (χ3n) is 3.17. The maximum atomic E-state index is 12.1. The summed E-state index contributed by atoms with van der Waals surface area (Å²) in [5.41, 5.74) is 0.336. The van der Waals surface area contributed by atoms with Crippen molar-refractivity contribution in [3.8, 4) is 0 Å². The van der Waals surface area contributed by atoms with Gasteiger partial charge < -0.3 is 9.64 Å². The number of hydrogen-bond donors (Lipinski definition) is 1. The number of likely N-dealkylation sites (tertiary alicyclic amines) is 1. The summed E-state index contributed by atoms with van der Waals surface area (Å²) in [5.74, 6) is 0.130. The smallest absolute Gasteiger partial charge is 0.410 e. The van der Waals surface area contributed by atoms with Crippen LogP contribution in [-0.2, 0) is 4.74 Å². The van der Waals surface area contributed by atoms with Crippen molar-refractivity contribution in [1.29, 1.82) is 0 Å². The number of nitrogens with one attached hydrogen (secondary N) is 1. The highest BCUT2D eigenvalue weighted by molar-refractivity contribution is 6.29. The van der Waals surface area contributed by atoms with E-state index in [4.69, 9.17) is 16.3 Å². The Morgan fingerprint density at radius 1 is 1.45 bits per heavy atom. The predicted molar refractivity (Wildman–Crippen MR) is 84.2 cm³/mol. The van der Waals surface area contributed by atoms with Gasteiger partial charge in [-0.1, -0.05) is 11.6 Å². The van der Waals surface area contributed by atoms with Gasteiger partial charge in [0.05, 0.1) is 0 Å². The van der Waals surface area contributed by atoms with Crippen LogP contribution in [0.4, 0.5) is 4.79 Å². The Bertz CT molecular complexity index is 581. The molecule has 1 aliphatic rings. The van der Waals surface area contributed by atoms with Gasteiger partial charge in [0.2, 0.25) is 0 Å². The number of carbonyl (C=O) groups is 1. The van der Waals surface area contributed by atoms with Gasteiger partial charge in [-0.25, -0.2) is 4.79 Å². The van der Waals surface area contributed by atoms with E-state index in [-0.39, 0.29) is 12.0 Å². The predicted octanol–water partition coefficient (Wildman–Crippen LogP) is 3.31. The zero-order valence-electron chi connectivity index (χ0n) is 13.0. The van der Waals surface area contributed by atoms with Crippen molar-refractivity contribution >= 4 is 17.7 Å². The summed E-state index contributed by atoms with van der Waals surface area (Å²) in [6.45, 7) is 6.81. The zero-order chi connectivity index (χ0) is 16.2. The fourth-order valence-corrected chi connectivity index (χ4v) is 2.39. The van der Waals surface area contributed by atoms with Crippen molar-refractivity contribution < 1.29 is 9.53 Å². The van der Waals surface area contributed by atoms with E-state index >= 15 is 0 Å². The number of aromatic amines is 1. The lowest BCUT2D eigenvalue weighted by atomic mass is 10.1. The molecule has 0 bridgehead atoms.